The van der Waals surface area contributed by atoms with Crippen molar-refractivity contribution in [3.05, 3.63) is 98.5 Å². The third kappa shape index (κ3) is 6.46. The van der Waals surface area contributed by atoms with Gasteiger partial charge in [0.25, 0.3) is 5.91 Å². The zero-order chi connectivity index (χ0) is 26.7. The van der Waals surface area contributed by atoms with Crippen LogP contribution in [0.5, 0.6) is 5.75 Å². The summed E-state index contributed by atoms with van der Waals surface area (Å²) in [7, 11) is 0. The third-order valence-electron chi connectivity index (χ3n) is 6.82. The molecule has 37 heavy (non-hydrogen) atoms. The van der Waals surface area contributed by atoms with Crippen LogP contribution in [-0.4, -0.2) is 34.0 Å². The number of hydrogen-bond acceptors (Lipinski definition) is 3. The van der Waals surface area contributed by atoms with Crippen LogP contribution in [0.25, 0.3) is 0 Å². The van der Waals surface area contributed by atoms with Crippen molar-refractivity contribution >= 4 is 35.1 Å². The lowest BCUT2D eigenvalue weighted by molar-refractivity contribution is -0.137. The first kappa shape index (κ1) is 27.0. The quantitative estimate of drug-likeness (QED) is 0.329. The molecule has 0 radical (unpaired) electrons. The fraction of sp³-hybridized carbons (Fsp3) is 0.333. The fourth-order valence-corrected chi connectivity index (χ4v) is 5.10. The first-order valence-corrected chi connectivity index (χ1v) is 13.1. The monoisotopic (exact) mass is 539 g/mol. The molecule has 1 aliphatic rings. The molecule has 0 saturated carbocycles. The van der Waals surface area contributed by atoms with E-state index in [1.807, 2.05) is 12.1 Å². The zero-order valence-corrected chi connectivity index (χ0v) is 22.8. The van der Waals surface area contributed by atoms with E-state index in [4.69, 9.17) is 27.9 Å². The number of hydrogen-bond donors (Lipinski definition) is 1. The highest BCUT2D eigenvalue weighted by Crippen LogP contribution is 2.36. The van der Waals surface area contributed by atoms with Crippen LogP contribution in [0.3, 0.4) is 0 Å². The van der Waals surface area contributed by atoms with Crippen LogP contribution in [0.4, 0.5) is 0 Å². The van der Waals surface area contributed by atoms with Crippen molar-refractivity contribution in [2.75, 3.05) is 6.54 Å². The summed E-state index contributed by atoms with van der Waals surface area (Å²) in [6.07, 6.45) is 2.36. The number of benzene rings is 3. The number of amides is 1. The number of carbonyl (C=O) groups is 2. The average molecular weight is 540 g/mol. The van der Waals surface area contributed by atoms with E-state index in [1.165, 1.54) is 16.0 Å². The lowest BCUT2D eigenvalue weighted by Gasteiger charge is -2.36. The average Bonchev–Trinajstić information content (AvgIpc) is 2.85. The van der Waals surface area contributed by atoms with E-state index in [9.17, 15) is 14.7 Å². The Bertz CT molecular complexity index is 1310. The van der Waals surface area contributed by atoms with Crippen LogP contribution in [0.1, 0.15) is 65.7 Å². The number of aryl methyl sites for hydroxylation is 1. The Balaban J connectivity index is 1.51. The van der Waals surface area contributed by atoms with Crippen LogP contribution in [0, 0.1) is 0 Å². The van der Waals surface area contributed by atoms with Gasteiger partial charge in [0.2, 0.25) is 0 Å². The van der Waals surface area contributed by atoms with Gasteiger partial charge in [0, 0.05) is 18.5 Å². The molecule has 0 aliphatic carbocycles. The molecule has 3 aromatic rings. The Hall–Kier alpha value is -3.02. The van der Waals surface area contributed by atoms with E-state index in [0.717, 1.165) is 30.6 Å². The number of fused-ring (bicyclic) bond motifs is 1. The first-order valence-electron chi connectivity index (χ1n) is 12.4. The van der Waals surface area contributed by atoms with Gasteiger partial charge in [-0.15, -0.1) is 0 Å². The molecule has 5 nitrogen and oxygen atoms in total. The standard InChI is InChI=1S/C30H31Cl2NO4/c1-19(2)21-9-7-20(8-10-21)16-30(3)14-13-22-15-23(11-12-26(22)37-30)29(36)33(18-27(34)35)17-24-5-4-6-25(31)28(24)32/h4-12,15,19H,13-14,16-18H2,1-3H3,(H,34,35)/t30-/m0/s1. The predicted octanol–water partition coefficient (Wildman–Crippen LogP) is 7.17. The fourth-order valence-electron chi connectivity index (χ4n) is 4.72. The van der Waals surface area contributed by atoms with E-state index in [-0.39, 0.29) is 18.1 Å². The lowest BCUT2D eigenvalue weighted by Crippen LogP contribution is -2.39. The number of halogens is 2. The maximum atomic E-state index is 13.4. The van der Waals surface area contributed by atoms with Gasteiger partial charge < -0.3 is 14.7 Å². The van der Waals surface area contributed by atoms with E-state index < -0.39 is 12.5 Å². The molecule has 0 aromatic heterocycles. The van der Waals surface area contributed by atoms with Crippen LogP contribution >= 0.6 is 23.2 Å². The normalized spacial score (nSPS) is 16.7. The Kier molecular flexibility index (Phi) is 8.15. The molecular formula is C30H31Cl2NO4. The molecule has 0 unspecified atom stereocenters. The summed E-state index contributed by atoms with van der Waals surface area (Å²) in [6.45, 7) is 6.07. The highest BCUT2D eigenvalue weighted by Gasteiger charge is 2.32. The minimum absolute atomic E-state index is 0.0335. The van der Waals surface area contributed by atoms with E-state index in [1.54, 1.807) is 24.3 Å². The summed E-state index contributed by atoms with van der Waals surface area (Å²) in [4.78, 5) is 26.1. The second kappa shape index (κ2) is 11.2. The Morgan fingerprint density at radius 2 is 1.81 bits per heavy atom. The number of rotatable bonds is 8. The summed E-state index contributed by atoms with van der Waals surface area (Å²) in [5.74, 6) is -0.246. The number of carboxylic acid groups (broad SMARTS) is 1. The highest BCUT2D eigenvalue weighted by molar-refractivity contribution is 6.42. The minimum atomic E-state index is -1.11. The summed E-state index contributed by atoms with van der Waals surface area (Å²) in [6, 6.07) is 19.1. The van der Waals surface area contributed by atoms with Gasteiger partial charge >= 0.3 is 5.97 Å². The van der Waals surface area contributed by atoms with Gasteiger partial charge in [-0.25, -0.2) is 0 Å². The van der Waals surface area contributed by atoms with Crippen molar-refractivity contribution in [3.8, 4) is 5.75 Å². The molecule has 4 rings (SSSR count). The Labute approximate surface area is 228 Å². The maximum absolute atomic E-state index is 13.4. The van der Waals surface area contributed by atoms with Crippen molar-refractivity contribution in [1.29, 1.82) is 0 Å². The largest absolute Gasteiger partial charge is 0.487 e. The molecule has 0 bridgehead atoms. The van der Waals surface area contributed by atoms with Crippen molar-refractivity contribution in [3.63, 3.8) is 0 Å². The smallest absolute Gasteiger partial charge is 0.323 e. The number of carbonyl (C=O) groups excluding carboxylic acids is 1. The molecule has 1 atom stereocenters. The molecule has 1 amide bonds. The van der Waals surface area contributed by atoms with Crippen molar-refractivity contribution in [1.82, 2.24) is 4.90 Å². The molecule has 1 heterocycles. The van der Waals surface area contributed by atoms with Gasteiger partial charge in [-0.1, -0.05) is 73.4 Å². The Morgan fingerprint density at radius 3 is 2.49 bits per heavy atom. The molecule has 1 N–H and O–H groups in total. The SMILES string of the molecule is CC(C)c1ccc(C[C@]2(C)CCc3cc(C(=O)N(CC(=O)O)Cc4cccc(Cl)c4Cl)ccc3O2)cc1. The molecule has 3 aromatic carbocycles. The van der Waals surface area contributed by atoms with Gasteiger partial charge in [-0.05, 0) is 72.2 Å². The maximum Gasteiger partial charge on any atom is 0.323 e. The van der Waals surface area contributed by atoms with E-state index in [0.29, 0.717) is 27.1 Å². The Morgan fingerprint density at radius 1 is 1.08 bits per heavy atom. The van der Waals surface area contributed by atoms with Gasteiger partial charge in [0.1, 0.15) is 17.9 Å². The minimum Gasteiger partial charge on any atom is -0.487 e. The first-order chi connectivity index (χ1) is 17.5. The second-order valence-electron chi connectivity index (χ2n) is 10.2. The summed E-state index contributed by atoms with van der Waals surface area (Å²) in [5, 5.41) is 10.1. The summed E-state index contributed by atoms with van der Waals surface area (Å²) in [5.41, 5.74) is 4.13. The molecule has 194 valence electrons. The van der Waals surface area contributed by atoms with E-state index in [2.05, 4.69) is 45.0 Å². The molecular weight excluding hydrogens is 509 g/mol. The van der Waals surface area contributed by atoms with Gasteiger partial charge in [0.15, 0.2) is 0 Å². The van der Waals surface area contributed by atoms with Crippen LogP contribution in [-0.2, 0) is 24.2 Å². The summed E-state index contributed by atoms with van der Waals surface area (Å²) >= 11 is 12.4. The lowest BCUT2D eigenvalue weighted by atomic mass is 9.86. The van der Waals surface area contributed by atoms with Crippen molar-refractivity contribution in [2.24, 2.45) is 0 Å². The highest BCUT2D eigenvalue weighted by atomic mass is 35.5. The van der Waals surface area contributed by atoms with Crippen molar-refractivity contribution in [2.45, 2.75) is 58.1 Å². The van der Waals surface area contributed by atoms with Gasteiger partial charge in [-0.3, -0.25) is 9.59 Å². The number of nitrogens with zero attached hydrogens (tertiary/aromatic N) is 1. The third-order valence-corrected chi connectivity index (χ3v) is 7.68. The predicted molar refractivity (Wildman–Crippen MR) is 147 cm³/mol. The van der Waals surface area contributed by atoms with Crippen LogP contribution < -0.4 is 4.74 Å². The van der Waals surface area contributed by atoms with Gasteiger partial charge in [0.05, 0.1) is 10.0 Å². The number of ether oxygens (including phenoxy) is 1. The van der Waals surface area contributed by atoms with Gasteiger partial charge in [-0.2, -0.15) is 0 Å². The molecule has 1 aliphatic heterocycles. The van der Waals surface area contributed by atoms with Crippen LogP contribution in [0.15, 0.2) is 60.7 Å². The molecule has 0 fully saturated rings. The topological polar surface area (TPSA) is 66.8 Å². The zero-order valence-electron chi connectivity index (χ0n) is 21.3. The number of carboxylic acids is 1. The van der Waals surface area contributed by atoms with Crippen molar-refractivity contribution < 1.29 is 19.4 Å². The summed E-state index contributed by atoms with van der Waals surface area (Å²) < 4.78 is 6.43. The number of aliphatic carboxylic acids is 1. The molecule has 7 heteroatoms. The molecule has 0 spiro atoms. The molecule has 0 saturated heterocycles. The van der Waals surface area contributed by atoms with Crippen LogP contribution in [0.2, 0.25) is 10.0 Å². The van der Waals surface area contributed by atoms with E-state index >= 15 is 0 Å². The second-order valence-corrected chi connectivity index (χ2v) is 11.0.